The third kappa shape index (κ3) is 2.37. The lowest BCUT2D eigenvalue weighted by molar-refractivity contribution is -0.129. The summed E-state index contributed by atoms with van der Waals surface area (Å²) in [5, 5.41) is 9.24. The number of Topliss-reactive ketones (excluding diaryl/α,β-unsaturated/α-hetero) is 1. The number of carbonyl (C=O) groups is 1. The molecule has 1 aliphatic rings. The molecule has 4 nitrogen and oxygen atoms in total. The van der Waals surface area contributed by atoms with Gasteiger partial charge in [0.25, 0.3) is 0 Å². The lowest BCUT2D eigenvalue weighted by atomic mass is 9.63. The summed E-state index contributed by atoms with van der Waals surface area (Å²) in [7, 11) is 3.17. The molecule has 0 radical (unpaired) electrons. The number of methoxy groups -OCH3 is 2. The first kappa shape index (κ1) is 15.4. The van der Waals surface area contributed by atoms with Crippen LogP contribution in [0.4, 0.5) is 0 Å². The van der Waals surface area contributed by atoms with E-state index in [4.69, 9.17) is 9.47 Å². The van der Waals surface area contributed by atoms with Gasteiger partial charge in [0.2, 0.25) is 0 Å². The second kappa shape index (κ2) is 6.17. The molecule has 21 heavy (non-hydrogen) atoms. The monoisotopic (exact) mass is 287 g/mol. The van der Waals surface area contributed by atoms with Crippen molar-refractivity contribution < 1.29 is 14.3 Å². The van der Waals surface area contributed by atoms with Crippen LogP contribution in [0.25, 0.3) is 0 Å². The Labute approximate surface area is 125 Å². The summed E-state index contributed by atoms with van der Waals surface area (Å²) in [6.45, 7) is 2.00. The molecule has 0 heterocycles. The average Bonchev–Trinajstić information content (AvgIpc) is 2.54. The average molecular weight is 287 g/mol. The lowest BCUT2D eigenvalue weighted by Gasteiger charge is -2.38. The van der Waals surface area contributed by atoms with Crippen molar-refractivity contribution in [2.75, 3.05) is 14.2 Å². The van der Waals surface area contributed by atoms with Gasteiger partial charge in [-0.3, -0.25) is 4.79 Å². The minimum atomic E-state index is -0.640. The van der Waals surface area contributed by atoms with Gasteiger partial charge in [0.05, 0.1) is 25.7 Å². The predicted molar refractivity (Wildman–Crippen MR) is 79.5 cm³/mol. The maximum Gasteiger partial charge on any atom is 0.164 e. The summed E-state index contributed by atoms with van der Waals surface area (Å²) >= 11 is 0. The zero-order valence-corrected chi connectivity index (χ0v) is 12.8. The van der Waals surface area contributed by atoms with Gasteiger partial charge in [0, 0.05) is 5.56 Å². The van der Waals surface area contributed by atoms with Gasteiger partial charge < -0.3 is 9.47 Å². The molecule has 1 aliphatic carbocycles. The fourth-order valence-corrected chi connectivity index (χ4v) is 3.39. The fraction of sp³-hybridized carbons (Fsp3) is 0.529. The van der Waals surface area contributed by atoms with Crippen LogP contribution in [0.15, 0.2) is 18.2 Å². The second-order valence-corrected chi connectivity index (χ2v) is 5.41. The van der Waals surface area contributed by atoms with Crippen LogP contribution in [0, 0.1) is 17.2 Å². The SMILES string of the molecule is CCC1(c2cccc(OC)c2OC)CCCC(C#N)C1=O. The van der Waals surface area contributed by atoms with Crippen molar-refractivity contribution in [1.29, 1.82) is 5.26 Å². The van der Waals surface area contributed by atoms with E-state index in [0.717, 1.165) is 18.4 Å². The predicted octanol–water partition coefficient (Wildman–Crippen LogP) is 3.24. The lowest BCUT2D eigenvalue weighted by Crippen LogP contribution is -2.43. The first-order valence-corrected chi connectivity index (χ1v) is 7.30. The highest BCUT2D eigenvalue weighted by Crippen LogP contribution is 2.47. The Morgan fingerprint density at radius 2 is 2.14 bits per heavy atom. The molecule has 1 aromatic rings. The minimum Gasteiger partial charge on any atom is -0.493 e. The molecule has 0 bridgehead atoms. The van der Waals surface area contributed by atoms with Gasteiger partial charge in [-0.15, -0.1) is 0 Å². The van der Waals surface area contributed by atoms with Crippen molar-refractivity contribution in [3.63, 3.8) is 0 Å². The first-order chi connectivity index (χ1) is 10.1. The highest BCUT2D eigenvalue weighted by atomic mass is 16.5. The largest absolute Gasteiger partial charge is 0.493 e. The van der Waals surface area contributed by atoms with E-state index in [1.165, 1.54) is 0 Å². The quantitative estimate of drug-likeness (QED) is 0.853. The Balaban J connectivity index is 2.61. The second-order valence-electron chi connectivity index (χ2n) is 5.41. The van der Waals surface area contributed by atoms with E-state index in [2.05, 4.69) is 6.07 Å². The molecule has 1 saturated carbocycles. The number of para-hydroxylation sites is 1. The van der Waals surface area contributed by atoms with Gasteiger partial charge in [0.15, 0.2) is 17.3 Å². The van der Waals surface area contributed by atoms with Crippen LogP contribution in [0.5, 0.6) is 11.5 Å². The minimum absolute atomic E-state index is 0.0188. The number of hydrogen-bond acceptors (Lipinski definition) is 4. The van der Waals surface area contributed by atoms with Crippen molar-refractivity contribution in [3.05, 3.63) is 23.8 Å². The number of benzene rings is 1. The fourth-order valence-electron chi connectivity index (χ4n) is 3.39. The number of hydrogen-bond donors (Lipinski definition) is 0. The van der Waals surface area contributed by atoms with Gasteiger partial charge in [-0.2, -0.15) is 5.26 Å². The van der Waals surface area contributed by atoms with Crippen LogP contribution in [-0.4, -0.2) is 20.0 Å². The summed E-state index contributed by atoms with van der Waals surface area (Å²) in [6.07, 6.45) is 2.94. The van der Waals surface area contributed by atoms with Gasteiger partial charge in [-0.05, 0) is 25.3 Å². The zero-order valence-electron chi connectivity index (χ0n) is 12.8. The number of ketones is 1. The number of nitrogens with zero attached hydrogens (tertiary/aromatic N) is 1. The molecule has 2 unspecified atom stereocenters. The van der Waals surface area contributed by atoms with Gasteiger partial charge in [-0.25, -0.2) is 0 Å². The van der Waals surface area contributed by atoms with Crippen LogP contribution < -0.4 is 9.47 Å². The summed E-state index contributed by atoms with van der Waals surface area (Å²) in [6, 6.07) is 7.77. The van der Waals surface area contributed by atoms with Gasteiger partial charge in [0.1, 0.15) is 5.92 Å². The molecule has 0 aromatic heterocycles. The number of ether oxygens (including phenoxy) is 2. The van der Waals surface area contributed by atoms with Crippen LogP contribution in [0.3, 0.4) is 0 Å². The van der Waals surface area contributed by atoms with Crippen molar-refractivity contribution in [2.24, 2.45) is 5.92 Å². The van der Waals surface area contributed by atoms with Gasteiger partial charge in [-0.1, -0.05) is 25.5 Å². The molecule has 0 aliphatic heterocycles. The molecule has 0 spiro atoms. The van der Waals surface area contributed by atoms with E-state index in [1.807, 2.05) is 25.1 Å². The highest BCUT2D eigenvalue weighted by Gasteiger charge is 2.46. The summed E-state index contributed by atoms with van der Waals surface area (Å²) in [5.74, 6) is 0.725. The van der Waals surface area contributed by atoms with E-state index < -0.39 is 11.3 Å². The summed E-state index contributed by atoms with van der Waals surface area (Å²) in [4.78, 5) is 12.9. The van der Waals surface area contributed by atoms with Crippen molar-refractivity contribution in [1.82, 2.24) is 0 Å². The Morgan fingerprint density at radius 3 is 2.71 bits per heavy atom. The van der Waals surface area contributed by atoms with Crippen molar-refractivity contribution >= 4 is 5.78 Å². The molecular formula is C17H21NO3. The summed E-state index contributed by atoms with van der Waals surface area (Å²) < 4.78 is 10.8. The zero-order chi connectivity index (χ0) is 15.5. The van der Waals surface area contributed by atoms with E-state index in [0.29, 0.717) is 24.3 Å². The first-order valence-electron chi connectivity index (χ1n) is 7.30. The third-order valence-electron chi connectivity index (χ3n) is 4.56. The third-order valence-corrected chi connectivity index (χ3v) is 4.56. The highest BCUT2D eigenvalue weighted by molar-refractivity contribution is 5.95. The number of carbonyl (C=O) groups excluding carboxylic acids is 1. The van der Waals surface area contributed by atoms with Crippen LogP contribution in [-0.2, 0) is 10.2 Å². The Morgan fingerprint density at radius 1 is 1.38 bits per heavy atom. The molecule has 2 rings (SSSR count). The van der Waals surface area contributed by atoms with E-state index in [9.17, 15) is 10.1 Å². The molecule has 1 fully saturated rings. The molecule has 2 atom stereocenters. The Hall–Kier alpha value is -2.02. The standard InChI is InChI=1S/C17H21NO3/c1-4-17(10-6-7-12(11-18)16(17)19)13-8-5-9-14(20-2)15(13)21-3/h5,8-9,12H,4,6-7,10H2,1-3H3. The van der Waals surface area contributed by atoms with E-state index in [1.54, 1.807) is 14.2 Å². The maximum absolute atomic E-state index is 12.9. The van der Waals surface area contributed by atoms with E-state index in [-0.39, 0.29) is 5.78 Å². The van der Waals surface area contributed by atoms with Crippen molar-refractivity contribution in [2.45, 2.75) is 38.0 Å². The summed E-state index contributed by atoms with van der Waals surface area (Å²) in [5.41, 5.74) is 0.204. The Bertz CT molecular complexity index is 576. The van der Waals surface area contributed by atoms with Crippen LogP contribution >= 0.6 is 0 Å². The van der Waals surface area contributed by atoms with Crippen molar-refractivity contribution in [3.8, 4) is 17.6 Å². The smallest absolute Gasteiger partial charge is 0.164 e. The Kier molecular flexibility index (Phi) is 4.52. The number of rotatable bonds is 4. The molecule has 0 N–H and O–H groups in total. The molecule has 4 heteroatoms. The maximum atomic E-state index is 12.9. The van der Waals surface area contributed by atoms with Gasteiger partial charge >= 0.3 is 0 Å². The molecule has 112 valence electrons. The van der Waals surface area contributed by atoms with E-state index >= 15 is 0 Å². The molecule has 1 aromatic carbocycles. The number of nitriles is 1. The molecular weight excluding hydrogens is 266 g/mol. The molecule has 0 amide bonds. The van der Waals surface area contributed by atoms with Crippen LogP contribution in [0.1, 0.15) is 38.2 Å². The van der Waals surface area contributed by atoms with Crippen LogP contribution in [0.2, 0.25) is 0 Å². The topological polar surface area (TPSA) is 59.3 Å². The normalized spacial score (nSPS) is 25.2. The molecule has 0 saturated heterocycles.